The minimum atomic E-state index is -0.153. The molecule has 1 fully saturated rings. The van der Waals surface area contributed by atoms with Gasteiger partial charge in [0, 0.05) is 11.7 Å². The molecule has 2 N–H and O–H groups in total. The molecule has 0 radical (unpaired) electrons. The molecule has 2 aliphatic carbocycles. The monoisotopic (exact) mass is 271 g/mol. The van der Waals surface area contributed by atoms with E-state index in [-0.39, 0.29) is 6.10 Å². The van der Waals surface area contributed by atoms with Gasteiger partial charge in [-0.2, -0.15) is 5.26 Å². The Hall–Kier alpha value is -1.60. The molecule has 0 saturated heterocycles. The van der Waals surface area contributed by atoms with E-state index >= 15 is 0 Å². The summed E-state index contributed by atoms with van der Waals surface area (Å²) >= 11 is 0. The van der Waals surface area contributed by atoms with Crippen LogP contribution in [0.1, 0.15) is 55.3 Å². The van der Waals surface area contributed by atoms with Crippen LogP contribution in [0.4, 0.5) is 5.82 Å². The normalized spacial score (nSPS) is 25.6. The first-order chi connectivity index (χ1) is 9.76. The summed E-state index contributed by atoms with van der Waals surface area (Å²) in [7, 11) is 0. The molecule has 0 amide bonds. The fourth-order valence-electron chi connectivity index (χ4n) is 3.24. The van der Waals surface area contributed by atoms with E-state index in [1.807, 2.05) is 6.07 Å². The third kappa shape index (κ3) is 2.78. The molecule has 1 saturated carbocycles. The Morgan fingerprint density at radius 2 is 1.95 bits per heavy atom. The van der Waals surface area contributed by atoms with Crippen LogP contribution >= 0.6 is 0 Å². The molecule has 1 aromatic rings. The van der Waals surface area contributed by atoms with Crippen molar-refractivity contribution in [3.63, 3.8) is 0 Å². The van der Waals surface area contributed by atoms with Crippen molar-refractivity contribution in [3.05, 3.63) is 22.9 Å². The number of hydrogen-bond acceptors (Lipinski definition) is 4. The summed E-state index contributed by atoms with van der Waals surface area (Å²) in [5, 5.41) is 22.3. The molecule has 4 heteroatoms. The molecule has 4 nitrogen and oxygen atoms in total. The van der Waals surface area contributed by atoms with E-state index in [1.165, 1.54) is 18.4 Å². The molecule has 20 heavy (non-hydrogen) atoms. The standard InChI is InChI=1S/C16H21N3O/c17-10-12-9-11-3-1-2-4-15(11)19-16(12)18-13-5-7-14(20)8-6-13/h9,13-14,20H,1-8H2,(H,18,19). The number of aromatic nitrogens is 1. The van der Waals surface area contributed by atoms with E-state index in [0.717, 1.165) is 50.0 Å². The minimum Gasteiger partial charge on any atom is -0.393 e. The third-order valence-electron chi connectivity index (χ3n) is 4.46. The molecule has 0 atom stereocenters. The largest absolute Gasteiger partial charge is 0.393 e. The van der Waals surface area contributed by atoms with Crippen LogP contribution in [0.3, 0.4) is 0 Å². The fraction of sp³-hybridized carbons (Fsp3) is 0.625. The quantitative estimate of drug-likeness (QED) is 0.867. The van der Waals surface area contributed by atoms with Crippen molar-refractivity contribution in [2.75, 3.05) is 5.32 Å². The maximum Gasteiger partial charge on any atom is 0.144 e. The van der Waals surface area contributed by atoms with Gasteiger partial charge in [-0.3, -0.25) is 0 Å². The molecule has 106 valence electrons. The average molecular weight is 271 g/mol. The van der Waals surface area contributed by atoms with E-state index in [4.69, 9.17) is 4.98 Å². The predicted octanol–water partition coefficient (Wildman–Crippen LogP) is 2.55. The average Bonchev–Trinajstić information content (AvgIpc) is 2.49. The van der Waals surface area contributed by atoms with Gasteiger partial charge >= 0.3 is 0 Å². The van der Waals surface area contributed by atoms with Gasteiger partial charge in [0.2, 0.25) is 0 Å². The van der Waals surface area contributed by atoms with Gasteiger partial charge in [-0.05, 0) is 63.0 Å². The van der Waals surface area contributed by atoms with Crippen LogP contribution in [-0.4, -0.2) is 22.2 Å². The van der Waals surface area contributed by atoms with Crippen LogP contribution in [0.5, 0.6) is 0 Å². The second-order valence-electron chi connectivity index (χ2n) is 5.96. The maximum absolute atomic E-state index is 9.56. The van der Waals surface area contributed by atoms with Gasteiger partial charge in [-0.1, -0.05) is 0 Å². The summed E-state index contributed by atoms with van der Waals surface area (Å²) in [4.78, 5) is 4.70. The van der Waals surface area contributed by atoms with Crippen LogP contribution in [0.15, 0.2) is 6.07 Å². The van der Waals surface area contributed by atoms with Crippen LogP contribution in [0.25, 0.3) is 0 Å². The van der Waals surface area contributed by atoms with E-state index in [0.29, 0.717) is 11.6 Å². The zero-order chi connectivity index (χ0) is 13.9. The van der Waals surface area contributed by atoms with Gasteiger partial charge in [-0.15, -0.1) is 0 Å². The lowest BCUT2D eigenvalue weighted by molar-refractivity contribution is 0.126. The number of nitriles is 1. The molecular weight excluding hydrogens is 250 g/mol. The van der Waals surface area contributed by atoms with Gasteiger partial charge in [0.25, 0.3) is 0 Å². The SMILES string of the molecule is N#Cc1cc2c(nc1NC1CCC(O)CC1)CCCC2. The first-order valence-corrected chi connectivity index (χ1v) is 7.64. The van der Waals surface area contributed by atoms with Gasteiger partial charge < -0.3 is 10.4 Å². The van der Waals surface area contributed by atoms with Crippen molar-refractivity contribution in [2.45, 2.75) is 63.5 Å². The second-order valence-corrected chi connectivity index (χ2v) is 5.96. The number of aliphatic hydroxyl groups excluding tert-OH is 1. The summed E-state index contributed by atoms with van der Waals surface area (Å²) in [6, 6.07) is 4.62. The number of pyridine rings is 1. The zero-order valence-electron chi connectivity index (χ0n) is 11.7. The summed E-state index contributed by atoms with van der Waals surface area (Å²) in [6.45, 7) is 0. The van der Waals surface area contributed by atoms with E-state index in [2.05, 4.69) is 11.4 Å². The second kappa shape index (κ2) is 5.80. The molecule has 3 rings (SSSR count). The molecule has 0 aromatic carbocycles. The summed E-state index contributed by atoms with van der Waals surface area (Å²) < 4.78 is 0. The number of nitrogens with zero attached hydrogens (tertiary/aromatic N) is 2. The molecule has 1 aromatic heterocycles. The summed E-state index contributed by atoms with van der Waals surface area (Å²) in [6.07, 6.45) is 7.89. The topological polar surface area (TPSA) is 68.9 Å². The number of nitrogens with one attached hydrogen (secondary N) is 1. The van der Waals surface area contributed by atoms with E-state index in [9.17, 15) is 10.4 Å². The van der Waals surface area contributed by atoms with Crippen molar-refractivity contribution in [1.82, 2.24) is 4.98 Å². The number of anilines is 1. The summed E-state index contributed by atoms with van der Waals surface area (Å²) in [5.41, 5.74) is 3.07. The van der Waals surface area contributed by atoms with Gasteiger partial charge in [0.05, 0.1) is 11.7 Å². The van der Waals surface area contributed by atoms with E-state index < -0.39 is 0 Å². The third-order valence-corrected chi connectivity index (χ3v) is 4.46. The van der Waals surface area contributed by atoms with Crippen LogP contribution in [0.2, 0.25) is 0 Å². The molecule has 1 heterocycles. The lowest BCUT2D eigenvalue weighted by atomic mass is 9.92. The van der Waals surface area contributed by atoms with Crippen molar-refractivity contribution >= 4 is 5.82 Å². The number of aliphatic hydroxyl groups is 1. The zero-order valence-corrected chi connectivity index (χ0v) is 11.7. The predicted molar refractivity (Wildman–Crippen MR) is 77.5 cm³/mol. The molecule has 0 unspecified atom stereocenters. The maximum atomic E-state index is 9.56. The highest BCUT2D eigenvalue weighted by Gasteiger charge is 2.21. The molecule has 0 aliphatic heterocycles. The van der Waals surface area contributed by atoms with Gasteiger partial charge in [-0.25, -0.2) is 4.98 Å². The van der Waals surface area contributed by atoms with Gasteiger partial charge in [0.15, 0.2) is 0 Å². The number of fused-ring (bicyclic) bond motifs is 1. The fourth-order valence-corrected chi connectivity index (χ4v) is 3.24. The lowest BCUT2D eigenvalue weighted by Crippen LogP contribution is -2.29. The molecule has 2 aliphatic rings. The Morgan fingerprint density at radius 1 is 1.20 bits per heavy atom. The highest BCUT2D eigenvalue weighted by atomic mass is 16.3. The van der Waals surface area contributed by atoms with Crippen LogP contribution < -0.4 is 5.32 Å². The van der Waals surface area contributed by atoms with Crippen molar-refractivity contribution in [3.8, 4) is 6.07 Å². The van der Waals surface area contributed by atoms with Crippen LogP contribution in [0, 0.1) is 11.3 Å². The Labute approximate surface area is 119 Å². The van der Waals surface area contributed by atoms with E-state index in [1.54, 1.807) is 0 Å². The minimum absolute atomic E-state index is 0.153. The number of hydrogen-bond donors (Lipinski definition) is 2. The molecular formula is C16H21N3O. The lowest BCUT2D eigenvalue weighted by Gasteiger charge is -2.27. The highest BCUT2D eigenvalue weighted by molar-refractivity contribution is 5.55. The van der Waals surface area contributed by atoms with Crippen molar-refractivity contribution in [2.24, 2.45) is 0 Å². The Bertz CT molecular complexity index is 527. The van der Waals surface area contributed by atoms with Crippen LogP contribution in [-0.2, 0) is 12.8 Å². The van der Waals surface area contributed by atoms with Crippen molar-refractivity contribution < 1.29 is 5.11 Å². The first kappa shape index (κ1) is 13.4. The number of aryl methyl sites for hydroxylation is 2. The smallest absolute Gasteiger partial charge is 0.144 e. The highest BCUT2D eigenvalue weighted by Crippen LogP contribution is 2.27. The Balaban J connectivity index is 1.80. The van der Waals surface area contributed by atoms with Crippen molar-refractivity contribution in [1.29, 1.82) is 5.26 Å². The Morgan fingerprint density at radius 3 is 2.70 bits per heavy atom. The number of rotatable bonds is 2. The molecule has 0 spiro atoms. The Kier molecular flexibility index (Phi) is 3.88. The molecule has 0 bridgehead atoms. The summed E-state index contributed by atoms with van der Waals surface area (Å²) in [5.74, 6) is 0.745. The first-order valence-electron chi connectivity index (χ1n) is 7.64. The van der Waals surface area contributed by atoms with Gasteiger partial charge in [0.1, 0.15) is 11.9 Å².